The van der Waals surface area contributed by atoms with Crippen molar-refractivity contribution in [2.75, 3.05) is 0 Å². The molecule has 8 heteroatoms. The van der Waals surface area contributed by atoms with Crippen molar-refractivity contribution in [3.05, 3.63) is 62.4 Å². The number of rotatable bonds is 4. The molecule has 6 nitrogen and oxygen atoms in total. The van der Waals surface area contributed by atoms with Crippen molar-refractivity contribution in [1.29, 1.82) is 0 Å². The molecule has 1 N–H and O–H groups in total. The van der Waals surface area contributed by atoms with Crippen LogP contribution in [-0.4, -0.2) is 16.0 Å². The molecule has 0 aliphatic rings. The first kappa shape index (κ1) is 14.9. The van der Waals surface area contributed by atoms with E-state index in [9.17, 15) is 19.3 Å². The van der Waals surface area contributed by atoms with Gasteiger partial charge in [0.1, 0.15) is 5.56 Å². The van der Waals surface area contributed by atoms with E-state index in [-0.39, 0.29) is 5.75 Å². The summed E-state index contributed by atoms with van der Waals surface area (Å²) in [4.78, 5) is 21.3. The molecule has 0 bridgehead atoms. The molecule has 0 unspecified atom stereocenters. The molecule has 0 aromatic heterocycles. The van der Waals surface area contributed by atoms with Gasteiger partial charge in [-0.05, 0) is 24.3 Å². The van der Waals surface area contributed by atoms with E-state index >= 15 is 0 Å². The molecule has 0 atom stereocenters. The maximum Gasteiger partial charge on any atom is 0.339 e. The lowest BCUT2D eigenvalue weighted by molar-refractivity contribution is -0.385. The molecule has 0 aliphatic heterocycles. The van der Waals surface area contributed by atoms with E-state index in [0.717, 1.165) is 12.1 Å². The Morgan fingerprint density at radius 1 is 1.33 bits per heavy atom. The fraction of sp³-hybridized carbons (Fsp3) is 0. The molecule has 0 spiro atoms. The fourth-order valence-electron chi connectivity index (χ4n) is 1.61. The first-order valence-corrected chi connectivity index (χ1v) is 6.33. The molecule has 0 saturated carbocycles. The second kappa shape index (κ2) is 5.88. The Morgan fingerprint density at radius 2 is 2.05 bits per heavy atom. The average Bonchev–Trinajstić information content (AvgIpc) is 2.42. The zero-order chi connectivity index (χ0) is 15.6. The van der Waals surface area contributed by atoms with Crippen molar-refractivity contribution >= 4 is 27.6 Å². The van der Waals surface area contributed by atoms with Crippen molar-refractivity contribution in [1.82, 2.24) is 0 Å². The summed E-state index contributed by atoms with van der Waals surface area (Å²) in [6.07, 6.45) is 0. The van der Waals surface area contributed by atoms with Gasteiger partial charge in [0.15, 0.2) is 11.6 Å². The number of nitrogens with zero attached hydrogens (tertiary/aromatic N) is 1. The zero-order valence-corrected chi connectivity index (χ0v) is 11.8. The van der Waals surface area contributed by atoms with Gasteiger partial charge >= 0.3 is 11.7 Å². The number of carboxylic acids is 1. The second-order valence-electron chi connectivity index (χ2n) is 3.89. The number of hydrogen-bond acceptors (Lipinski definition) is 4. The summed E-state index contributed by atoms with van der Waals surface area (Å²) in [6.45, 7) is 0. The maximum absolute atomic E-state index is 13.7. The molecule has 2 rings (SSSR count). The Balaban J connectivity index is 2.53. The van der Waals surface area contributed by atoms with Gasteiger partial charge in [-0.3, -0.25) is 10.1 Å². The fourth-order valence-corrected chi connectivity index (χ4v) is 1.96. The molecule has 2 aromatic carbocycles. The number of carbonyl (C=O) groups is 1. The Labute approximate surface area is 126 Å². The minimum absolute atomic E-state index is 0.254. The number of carboxylic acid groups (broad SMARTS) is 1. The summed E-state index contributed by atoms with van der Waals surface area (Å²) in [5.74, 6) is -3.15. The summed E-state index contributed by atoms with van der Waals surface area (Å²) in [6, 6.07) is 7.25. The molecule has 21 heavy (non-hydrogen) atoms. The van der Waals surface area contributed by atoms with Crippen LogP contribution in [0.2, 0.25) is 0 Å². The predicted octanol–water partition coefficient (Wildman–Crippen LogP) is 3.99. The second-order valence-corrected chi connectivity index (χ2v) is 4.81. The van der Waals surface area contributed by atoms with Crippen molar-refractivity contribution < 1.29 is 24.0 Å². The number of benzene rings is 2. The lowest BCUT2D eigenvalue weighted by Crippen LogP contribution is -2.03. The summed E-state index contributed by atoms with van der Waals surface area (Å²) in [5.41, 5.74) is -0.837. The van der Waals surface area contributed by atoms with E-state index in [1.165, 1.54) is 24.3 Å². The van der Waals surface area contributed by atoms with Crippen molar-refractivity contribution in [2.24, 2.45) is 0 Å². The monoisotopic (exact) mass is 355 g/mol. The van der Waals surface area contributed by atoms with Crippen LogP contribution in [0.15, 0.2) is 40.9 Å². The van der Waals surface area contributed by atoms with Gasteiger partial charge in [0.25, 0.3) is 0 Å². The third kappa shape index (κ3) is 3.16. The number of nitro groups is 1. The lowest BCUT2D eigenvalue weighted by atomic mass is 10.2. The van der Waals surface area contributed by atoms with E-state index in [1.807, 2.05) is 0 Å². The van der Waals surface area contributed by atoms with Crippen LogP contribution in [0.4, 0.5) is 10.1 Å². The normalized spacial score (nSPS) is 10.2. The number of aromatic carboxylic acids is 1. The molecule has 2 aromatic rings. The Morgan fingerprint density at radius 3 is 2.67 bits per heavy atom. The maximum atomic E-state index is 13.7. The van der Waals surface area contributed by atoms with Gasteiger partial charge in [0, 0.05) is 10.5 Å². The summed E-state index contributed by atoms with van der Waals surface area (Å²) < 4.78 is 19.3. The van der Waals surface area contributed by atoms with Crippen LogP contribution in [-0.2, 0) is 0 Å². The van der Waals surface area contributed by atoms with Crippen LogP contribution in [0.1, 0.15) is 10.4 Å². The van der Waals surface area contributed by atoms with Gasteiger partial charge < -0.3 is 9.84 Å². The third-order valence-corrected chi connectivity index (χ3v) is 3.02. The van der Waals surface area contributed by atoms with Crippen LogP contribution in [0.25, 0.3) is 0 Å². The van der Waals surface area contributed by atoms with Crippen LogP contribution < -0.4 is 4.74 Å². The molecular weight excluding hydrogens is 349 g/mol. The zero-order valence-electron chi connectivity index (χ0n) is 10.2. The van der Waals surface area contributed by atoms with Crippen LogP contribution >= 0.6 is 15.9 Å². The van der Waals surface area contributed by atoms with Crippen LogP contribution in [0.3, 0.4) is 0 Å². The molecule has 108 valence electrons. The van der Waals surface area contributed by atoms with Gasteiger partial charge in [0.2, 0.25) is 5.75 Å². The van der Waals surface area contributed by atoms with Crippen LogP contribution in [0, 0.1) is 15.9 Å². The van der Waals surface area contributed by atoms with E-state index in [0.29, 0.717) is 4.47 Å². The number of ether oxygens (including phenoxy) is 1. The highest BCUT2D eigenvalue weighted by Gasteiger charge is 2.21. The lowest BCUT2D eigenvalue weighted by Gasteiger charge is -2.10. The third-order valence-electron chi connectivity index (χ3n) is 2.53. The predicted molar refractivity (Wildman–Crippen MR) is 74.2 cm³/mol. The van der Waals surface area contributed by atoms with E-state index in [2.05, 4.69) is 15.9 Å². The Hall–Kier alpha value is -2.48. The molecule has 0 saturated heterocycles. The van der Waals surface area contributed by atoms with E-state index in [4.69, 9.17) is 9.84 Å². The highest BCUT2D eigenvalue weighted by Crippen LogP contribution is 2.36. The van der Waals surface area contributed by atoms with Gasteiger partial charge in [-0.15, -0.1) is 0 Å². The standard InChI is InChI=1S/C13H7BrFNO5/c14-7-4-5-11(10(6-7)16(19)20)21-12-8(13(17)18)2-1-3-9(12)15/h1-6H,(H,17,18). The van der Waals surface area contributed by atoms with E-state index in [1.54, 1.807) is 0 Å². The first-order valence-electron chi connectivity index (χ1n) is 5.53. The summed E-state index contributed by atoms with van der Waals surface area (Å²) >= 11 is 3.07. The molecular formula is C13H7BrFNO5. The Kier molecular flexibility index (Phi) is 4.18. The van der Waals surface area contributed by atoms with E-state index < -0.39 is 33.7 Å². The van der Waals surface area contributed by atoms with Gasteiger partial charge in [-0.1, -0.05) is 22.0 Å². The molecule has 0 fully saturated rings. The molecule has 0 heterocycles. The highest BCUT2D eigenvalue weighted by atomic mass is 79.9. The quantitative estimate of drug-likeness (QED) is 0.661. The smallest absolute Gasteiger partial charge is 0.339 e. The number of halogens is 2. The topological polar surface area (TPSA) is 89.7 Å². The van der Waals surface area contributed by atoms with Gasteiger partial charge in [0.05, 0.1) is 4.92 Å². The van der Waals surface area contributed by atoms with Crippen molar-refractivity contribution in [2.45, 2.75) is 0 Å². The van der Waals surface area contributed by atoms with Crippen molar-refractivity contribution in [3.8, 4) is 11.5 Å². The van der Waals surface area contributed by atoms with Gasteiger partial charge in [-0.25, -0.2) is 9.18 Å². The highest BCUT2D eigenvalue weighted by molar-refractivity contribution is 9.10. The largest absolute Gasteiger partial charge is 0.478 e. The minimum atomic E-state index is -1.40. The molecule has 0 amide bonds. The number of hydrogen-bond donors (Lipinski definition) is 1. The first-order chi connectivity index (χ1) is 9.90. The SMILES string of the molecule is O=C(O)c1cccc(F)c1Oc1ccc(Br)cc1[N+](=O)[O-]. The summed E-state index contributed by atoms with van der Waals surface area (Å²) in [5, 5.41) is 20.0. The molecule has 0 radical (unpaired) electrons. The Bertz CT molecular complexity index is 734. The number of nitro benzene ring substituents is 1. The van der Waals surface area contributed by atoms with Gasteiger partial charge in [-0.2, -0.15) is 0 Å². The van der Waals surface area contributed by atoms with Crippen molar-refractivity contribution in [3.63, 3.8) is 0 Å². The number of para-hydroxylation sites is 1. The summed E-state index contributed by atoms with van der Waals surface area (Å²) in [7, 11) is 0. The molecule has 0 aliphatic carbocycles. The van der Waals surface area contributed by atoms with Crippen LogP contribution in [0.5, 0.6) is 11.5 Å². The minimum Gasteiger partial charge on any atom is -0.478 e. The average molecular weight is 356 g/mol.